The molecule has 5 nitrogen and oxygen atoms in total. The number of rotatable bonds is 6. The predicted molar refractivity (Wildman–Crippen MR) is 96.4 cm³/mol. The SMILES string of the molecule is CCC(CC)(CN)C(=O)N1CCN(C(=O)CC2CCCCC2)CC1. The van der Waals surface area contributed by atoms with Crippen molar-refractivity contribution in [2.75, 3.05) is 32.7 Å². The fourth-order valence-corrected chi connectivity index (χ4v) is 4.19. The Balaban J connectivity index is 1.84. The Kier molecular flexibility index (Phi) is 7.08. The summed E-state index contributed by atoms with van der Waals surface area (Å²) in [7, 11) is 0. The first kappa shape index (κ1) is 19.2. The normalized spacial score (nSPS) is 20.3. The van der Waals surface area contributed by atoms with Crippen LogP contribution in [0.25, 0.3) is 0 Å². The summed E-state index contributed by atoms with van der Waals surface area (Å²) in [5.41, 5.74) is 5.48. The molecule has 0 radical (unpaired) electrons. The zero-order valence-electron chi connectivity index (χ0n) is 15.6. The molecule has 1 saturated carbocycles. The minimum atomic E-state index is -0.422. The minimum absolute atomic E-state index is 0.175. The fourth-order valence-electron chi connectivity index (χ4n) is 4.19. The van der Waals surface area contributed by atoms with Gasteiger partial charge in [-0.2, -0.15) is 0 Å². The van der Waals surface area contributed by atoms with Gasteiger partial charge in [-0.05, 0) is 31.6 Å². The van der Waals surface area contributed by atoms with E-state index in [-0.39, 0.29) is 11.8 Å². The topological polar surface area (TPSA) is 66.6 Å². The van der Waals surface area contributed by atoms with Gasteiger partial charge in [-0.1, -0.05) is 33.1 Å². The Bertz CT molecular complexity index is 412. The third-order valence-corrected chi connectivity index (χ3v) is 6.31. The quantitative estimate of drug-likeness (QED) is 0.809. The van der Waals surface area contributed by atoms with Crippen LogP contribution in [0, 0.1) is 11.3 Å². The van der Waals surface area contributed by atoms with Crippen LogP contribution in [0.3, 0.4) is 0 Å². The van der Waals surface area contributed by atoms with E-state index in [4.69, 9.17) is 5.73 Å². The molecule has 2 rings (SSSR count). The Labute approximate surface area is 146 Å². The molecule has 24 heavy (non-hydrogen) atoms. The van der Waals surface area contributed by atoms with E-state index in [0.717, 1.165) is 12.8 Å². The first-order chi connectivity index (χ1) is 11.6. The molecule has 5 heteroatoms. The first-order valence-electron chi connectivity index (χ1n) is 9.83. The molecular formula is C19H35N3O2. The van der Waals surface area contributed by atoms with Crippen molar-refractivity contribution in [2.24, 2.45) is 17.1 Å². The van der Waals surface area contributed by atoms with E-state index in [1.807, 2.05) is 23.6 Å². The molecule has 138 valence electrons. The average Bonchev–Trinajstić information content (AvgIpc) is 2.64. The molecule has 2 aliphatic rings. The number of nitrogens with zero attached hydrogens (tertiary/aromatic N) is 2. The maximum absolute atomic E-state index is 12.8. The number of hydrogen-bond acceptors (Lipinski definition) is 3. The summed E-state index contributed by atoms with van der Waals surface area (Å²) < 4.78 is 0. The van der Waals surface area contributed by atoms with Gasteiger partial charge in [0.05, 0.1) is 5.41 Å². The van der Waals surface area contributed by atoms with Crippen LogP contribution in [0.5, 0.6) is 0 Å². The van der Waals surface area contributed by atoms with E-state index < -0.39 is 5.41 Å². The molecule has 0 aromatic rings. The maximum Gasteiger partial charge on any atom is 0.230 e. The monoisotopic (exact) mass is 337 g/mol. The van der Waals surface area contributed by atoms with Crippen molar-refractivity contribution in [1.82, 2.24) is 9.80 Å². The number of carbonyl (C=O) groups is 2. The molecule has 2 amide bonds. The Morgan fingerprint density at radius 1 is 0.958 bits per heavy atom. The van der Waals surface area contributed by atoms with E-state index >= 15 is 0 Å². The highest BCUT2D eigenvalue weighted by Crippen LogP contribution is 2.29. The summed E-state index contributed by atoms with van der Waals surface area (Å²) >= 11 is 0. The molecule has 0 atom stereocenters. The summed E-state index contributed by atoms with van der Waals surface area (Å²) in [6, 6.07) is 0. The van der Waals surface area contributed by atoms with Crippen LogP contribution in [-0.2, 0) is 9.59 Å². The second-order valence-corrected chi connectivity index (χ2v) is 7.57. The van der Waals surface area contributed by atoms with Gasteiger partial charge in [-0.25, -0.2) is 0 Å². The lowest BCUT2D eigenvalue weighted by atomic mass is 9.80. The molecular weight excluding hydrogens is 302 g/mol. The number of piperazine rings is 1. The standard InChI is InChI=1S/C19H35N3O2/c1-3-19(4-2,15-20)18(24)22-12-10-21(11-13-22)17(23)14-16-8-6-5-7-9-16/h16H,3-15,20H2,1-2H3. The van der Waals surface area contributed by atoms with E-state index in [1.165, 1.54) is 32.1 Å². The van der Waals surface area contributed by atoms with E-state index in [1.54, 1.807) is 0 Å². The van der Waals surface area contributed by atoms with Crippen molar-refractivity contribution in [1.29, 1.82) is 0 Å². The second kappa shape index (κ2) is 8.84. The van der Waals surface area contributed by atoms with Gasteiger partial charge in [0.25, 0.3) is 0 Å². The van der Waals surface area contributed by atoms with Gasteiger partial charge in [-0.15, -0.1) is 0 Å². The van der Waals surface area contributed by atoms with Crippen molar-refractivity contribution in [3.63, 3.8) is 0 Å². The minimum Gasteiger partial charge on any atom is -0.339 e. The molecule has 0 bridgehead atoms. The van der Waals surface area contributed by atoms with Gasteiger partial charge in [0.15, 0.2) is 0 Å². The van der Waals surface area contributed by atoms with Gasteiger partial charge in [-0.3, -0.25) is 9.59 Å². The van der Waals surface area contributed by atoms with Crippen molar-refractivity contribution in [2.45, 2.75) is 65.2 Å². The van der Waals surface area contributed by atoms with Gasteiger partial charge < -0.3 is 15.5 Å². The van der Waals surface area contributed by atoms with Gasteiger partial charge in [0.2, 0.25) is 11.8 Å². The lowest BCUT2D eigenvalue weighted by Crippen LogP contribution is -2.55. The van der Waals surface area contributed by atoms with Crippen LogP contribution in [0.4, 0.5) is 0 Å². The Morgan fingerprint density at radius 3 is 2.00 bits per heavy atom. The molecule has 1 heterocycles. The Morgan fingerprint density at radius 2 is 1.50 bits per heavy atom. The molecule has 1 aliphatic heterocycles. The number of nitrogens with two attached hydrogens (primary N) is 1. The number of hydrogen-bond donors (Lipinski definition) is 1. The zero-order valence-corrected chi connectivity index (χ0v) is 15.6. The summed E-state index contributed by atoms with van der Waals surface area (Å²) in [4.78, 5) is 29.2. The van der Waals surface area contributed by atoms with Crippen LogP contribution in [-0.4, -0.2) is 54.3 Å². The predicted octanol–water partition coefficient (Wildman–Crippen LogP) is 2.39. The molecule has 1 aliphatic carbocycles. The van der Waals surface area contributed by atoms with Crippen LogP contribution < -0.4 is 5.73 Å². The van der Waals surface area contributed by atoms with Crippen LogP contribution in [0.2, 0.25) is 0 Å². The molecule has 0 spiro atoms. The van der Waals surface area contributed by atoms with Crippen molar-refractivity contribution < 1.29 is 9.59 Å². The zero-order chi connectivity index (χ0) is 17.6. The van der Waals surface area contributed by atoms with Crippen molar-refractivity contribution in [3.8, 4) is 0 Å². The maximum atomic E-state index is 12.8. The van der Waals surface area contributed by atoms with Crippen molar-refractivity contribution in [3.05, 3.63) is 0 Å². The van der Waals surface area contributed by atoms with E-state index in [2.05, 4.69) is 0 Å². The van der Waals surface area contributed by atoms with Crippen LogP contribution in [0.1, 0.15) is 65.2 Å². The summed E-state index contributed by atoms with van der Waals surface area (Å²) in [5, 5.41) is 0. The summed E-state index contributed by atoms with van der Waals surface area (Å²) in [6.45, 7) is 7.13. The number of carbonyl (C=O) groups excluding carboxylic acids is 2. The smallest absolute Gasteiger partial charge is 0.230 e. The largest absolute Gasteiger partial charge is 0.339 e. The second-order valence-electron chi connectivity index (χ2n) is 7.57. The average molecular weight is 338 g/mol. The fraction of sp³-hybridized carbons (Fsp3) is 0.895. The van der Waals surface area contributed by atoms with Crippen molar-refractivity contribution >= 4 is 11.8 Å². The third-order valence-electron chi connectivity index (χ3n) is 6.31. The third kappa shape index (κ3) is 4.29. The van der Waals surface area contributed by atoms with E-state index in [9.17, 15) is 9.59 Å². The van der Waals surface area contributed by atoms with Gasteiger partial charge in [0.1, 0.15) is 0 Å². The molecule has 1 saturated heterocycles. The van der Waals surface area contributed by atoms with Gasteiger partial charge in [0, 0.05) is 39.1 Å². The van der Waals surface area contributed by atoms with E-state index in [0.29, 0.717) is 45.1 Å². The molecule has 2 fully saturated rings. The molecule has 0 aromatic heterocycles. The van der Waals surface area contributed by atoms with Crippen LogP contribution >= 0.6 is 0 Å². The summed E-state index contributed by atoms with van der Waals surface area (Å²) in [5.74, 6) is 1.04. The lowest BCUT2D eigenvalue weighted by molar-refractivity contribution is -0.147. The lowest BCUT2D eigenvalue weighted by Gasteiger charge is -2.40. The Hall–Kier alpha value is -1.10. The highest BCUT2D eigenvalue weighted by molar-refractivity contribution is 5.83. The molecule has 0 unspecified atom stereocenters. The highest BCUT2D eigenvalue weighted by atomic mass is 16.2. The van der Waals surface area contributed by atoms with Crippen LogP contribution in [0.15, 0.2) is 0 Å². The van der Waals surface area contributed by atoms with Gasteiger partial charge >= 0.3 is 0 Å². The first-order valence-corrected chi connectivity index (χ1v) is 9.83. The summed E-state index contributed by atoms with van der Waals surface area (Å²) in [6.07, 6.45) is 8.53. The highest BCUT2D eigenvalue weighted by Gasteiger charge is 2.38. The molecule has 2 N–H and O–H groups in total. The molecule has 0 aromatic carbocycles. The number of amides is 2.